The van der Waals surface area contributed by atoms with Gasteiger partial charge in [-0.3, -0.25) is 4.79 Å². The second kappa shape index (κ2) is 5.69. The van der Waals surface area contributed by atoms with Crippen LogP contribution in [-0.4, -0.2) is 11.1 Å². The van der Waals surface area contributed by atoms with Gasteiger partial charge in [-0.25, -0.2) is 0 Å². The highest BCUT2D eigenvalue weighted by Crippen LogP contribution is 2.21. The van der Waals surface area contributed by atoms with E-state index in [0.717, 1.165) is 6.42 Å². The zero-order chi connectivity index (χ0) is 12.1. The second-order valence-corrected chi connectivity index (χ2v) is 4.79. The first-order valence-corrected chi connectivity index (χ1v) is 5.76. The molecule has 0 aliphatic rings. The summed E-state index contributed by atoms with van der Waals surface area (Å²) in [4.78, 5) is 10.8. The van der Waals surface area contributed by atoms with E-state index in [4.69, 9.17) is 5.11 Å². The molecule has 2 nitrogen and oxygen atoms in total. The maximum Gasteiger partial charge on any atom is 0.303 e. The zero-order valence-corrected chi connectivity index (χ0v) is 10.2. The molecule has 0 fully saturated rings. The van der Waals surface area contributed by atoms with Crippen molar-refractivity contribution in [2.75, 3.05) is 0 Å². The standard InChI is InChI=1S/C14H20O2/c1-10(2)13(9-14(15)16)8-12-6-4-11(3)5-7-12/h4-7,10,13H,8-9H2,1-3H3,(H,15,16)/t13-/m0/s1. The fourth-order valence-electron chi connectivity index (χ4n) is 1.79. The summed E-state index contributed by atoms with van der Waals surface area (Å²) in [6.45, 7) is 6.23. The molecule has 1 N–H and O–H groups in total. The number of aryl methyl sites for hydroxylation is 1. The molecule has 0 radical (unpaired) electrons. The zero-order valence-electron chi connectivity index (χ0n) is 10.2. The summed E-state index contributed by atoms with van der Waals surface area (Å²) in [5.74, 6) is -0.0802. The molecule has 0 saturated heterocycles. The SMILES string of the molecule is Cc1ccc(C[C@@H](CC(=O)O)C(C)C)cc1. The van der Waals surface area contributed by atoms with Gasteiger partial charge in [0, 0.05) is 6.42 Å². The average molecular weight is 220 g/mol. The molecule has 0 aromatic heterocycles. The van der Waals surface area contributed by atoms with E-state index in [2.05, 4.69) is 45.0 Å². The predicted octanol–water partition coefficient (Wildman–Crippen LogP) is 3.28. The van der Waals surface area contributed by atoms with Crippen LogP contribution in [0.3, 0.4) is 0 Å². The molecule has 0 bridgehead atoms. The lowest BCUT2D eigenvalue weighted by Gasteiger charge is -2.18. The van der Waals surface area contributed by atoms with E-state index < -0.39 is 5.97 Å². The minimum atomic E-state index is -0.703. The first kappa shape index (κ1) is 12.8. The Morgan fingerprint density at radius 2 is 1.81 bits per heavy atom. The Morgan fingerprint density at radius 3 is 2.25 bits per heavy atom. The minimum absolute atomic E-state index is 0.222. The topological polar surface area (TPSA) is 37.3 Å². The second-order valence-electron chi connectivity index (χ2n) is 4.79. The third-order valence-electron chi connectivity index (χ3n) is 3.00. The van der Waals surface area contributed by atoms with Gasteiger partial charge in [0.25, 0.3) is 0 Å². The van der Waals surface area contributed by atoms with Crippen LogP contribution in [0.4, 0.5) is 0 Å². The Labute approximate surface area is 97.3 Å². The first-order valence-electron chi connectivity index (χ1n) is 5.76. The van der Waals surface area contributed by atoms with Crippen LogP contribution < -0.4 is 0 Å². The van der Waals surface area contributed by atoms with Crippen molar-refractivity contribution in [1.82, 2.24) is 0 Å². The quantitative estimate of drug-likeness (QED) is 0.826. The van der Waals surface area contributed by atoms with Crippen LogP contribution in [0.2, 0.25) is 0 Å². The van der Waals surface area contributed by atoms with E-state index in [1.807, 2.05) is 0 Å². The molecule has 88 valence electrons. The summed E-state index contributed by atoms with van der Waals surface area (Å²) >= 11 is 0. The van der Waals surface area contributed by atoms with Gasteiger partial charge in [0.05, 0.1) is 0 Å². The number of benzene rings is 1. The van der Waals surface area contributed by atoms with Gasteiger partial charge >= 0.3 is 5.97 Å². The van der Waals surface area contributed by atoms with Crippen LogP contribution in [0, 0.1) is 18.8 Å². The summed E-state index contributed by atoms with van der Waals surface area (Å²) in [5.41, 5.74) is 2.47. The van der Waals surface area contributed by atoms with E-state index in [9.17, 15) is 4.79 Å². The summed E-state index contributed by atoms with van der Waals surface area (Å²) < 4.78 is 0. The molecule has 1 atom stereocenters. The van der Waals surface area contributed by atoms with Crippen molar-refractivity contribution in [3.63, 3.8) is 0 Å². The Balaban J connectivity index is 2.67. The highest BCUT2D eigenvalue weighted by atomic mass is 16.4. The molecular weight excluding hydrogens is 200 g/mol. The molecule has 2 heteroatoms. The highest BCUT2D eigenvalue weighted by molar-refractivity contribution is 5.67. The molecule has 1 rings (SSSR count). The lowest BCUT2D eigenvalue weighted by molar-refractivity contribution is -0.138. The van der Waals surface area contributed by atoms with Crippen LogP contribution in [0.5, 0.6) is 0 Å². The van der Waals surface area contributed by atoms with Gasteiger partial charge in [-0.2, -0.15) is 0 Å². The van der Waals surface area contributed by atoms with Crippen molar-refractivity contribution in [2.45, 2.75) is 33.6 Å². The van der Waals surface area contributed by atoms with Crippen molar-refractivity contribution in [1.29, 1.82) is 0 Å². The van der Waals surface area contributed by atoms with Crippen molar-refractivity contribution in [3.05, 3.63) is 35.4 Å². The van der Waals surface area contributed by atoms with Crippen LogP contribution in [0.25, 0.3) is 0 Å². The van der Waals surface area contributed by atoms with Crippen molar-refractivity contribution in [3.8, 4) is 0 Å². The fraction of sp³-hybridized carbons (Fsp3) is 0.500. The van der Waals surface area contributed by atoms with Crippen molar-refractivity contribution < 1.29 is 9.90 Å². The van der Waals surface area contributed by atoms with Gasteiger partial charge in [-0.15, -0.1) is 0 Å². The van der Waals surface area contributed by atoms with E-state index >= 15 is 0 Å². The molecule has 16 heavy (non-hydrogen) atoms. The Bertz CT molecular complexity index is 338. The number of carbonyl (C=O) groups is 1. The summed E-state index contributed by atoms with van der Waals surface area (Å²) in [6.07, 6.45) is 1.11. The largest absolute Gasteiger partial charge is 0.481 e. The van der Waals surface area contributed by atoms with Gasteiger partial charge in [-0.1, -0.05) is 43.7 Å². The predicted molar refractivity (Wildman–Crippen MR) is 65.5 cm³/mol. The normalized spacial score (nSPS) is 12.8. The lowest BCUT2D eigenvalue weighted by Crippen LogP contribution is -2.16. The number of aliphatic carboxylic acids is 1. The Hall–Kier alpha value is -1.31. The van der Waals surface area contributed by atoms with Crippen LogP contribution in [-0.2, 0) is 11.2 Å². The molecule has 1 aromatic rings. The van der Waals surface area contributed by atoms with Gasteiger partial charge in [0.1, 0.15) is 0 Å². The number of hydrogen-bond acceptors (Lipinski definition) is 1. The molecule has 1 aromatic carbocycles. The monoisotopic (exact) mass is 220 g/mol. The number of carboxylic acid groups (broad SMARTS) is 1. The van der Waals surface area contributed by atoms with E-state index in [-0.39, 0.29) is 12.3 Å². The molecule has 0 aliphatic carbocycles. The average Bonchev–Trinajstić information content (AvgIpc) is 2.19. The Kier molecular flexibility index (Phi) is 4.53. The highest BCUT2D eigenvalue weighted by Gasteiger charge is 2.17. The molecule has 0 unspecified atom stereocenters. The molecule has 0 aliphatic heterocycles. The Morgan fingerprint density at radius 1 is 1.25 bits per heavy atom. The summed E-state index contributed by atoms with van der Waals surface area (Å²) in [7, 11) is 0. The maximum absolute atomic E-state index is 10.8. The van der Waals surface area contributed by atoms with Crippen LogP contribution in [0.15, 0.2) is 24.3 Å². The van der Waals surface area contributed by atoms with Gasteiger partial charge in [-0.05, 0) is 30.7 Å². The van der Waals surface area contributed by atoms with Crippen molar-refractivity contribution in [2.24, 2.45) is 11.8 Å². The molecule has 0 saturated carbocycles. The molecule has 0 spiro atoms. The molecule has 0 heterocycles. The molecule has 0 amide bonds. The minimum Gasteiger partial charge on any atom is -0.481 e. The summed E-state index contributed by atoms with van der Waals surface area (Å²) in [6, 6.07) is 8.33. The third kappa shape index (κ3) is 4.05. The maximum atomic E-state index is 10.8. The first-order chi connectivity index (χ1) is 7.49. The number of hydrogen-bond donors (Lipinski definition) is 1. The van der Waals surface area contributed by atoms with Crippen LogP contribution >= 0.6 is 0 Å². The van der Waals surface area contributed by atoms with E-state index in [1.54, 1.807) is 0 Å². The third-order valence-corrected chi connectivity index (χ3v) is 3.00. The van der Waals surface area contributed by atoms with Crippen LogP contribution in [0.1, 0.15) is 31.4 Å². The van der Waals surface area contributed by atoms with Crippen molar-refractivity contribution >= 4 is 5.97 Å². The van der Waals surface area contributed by atoms with Gasteiger partial charge in [0.15, 0.2) is 0 Å². The van der Waals surface area contributed by atoms with E-state index in [0.29, 0.717) is 5.92 Å². The van der Waals surface area contributed by atoms with Gasteiger partial charge in [0.2, 0.25) is 0 Å². The number of carboxylic acids is 1. The van der Waals surface area contributed by atoms with E-state index in [1.165, 1.54) is 11.1 Å². The smallest absolute Gasteiger partial charge is 0.303 e. The van der Waals surface area contributed by atoms with Gasteiger partial charge < -0.3 is 5.11 Å². The molecular formula is C14H20O2. The lowest BCUT2D eigenvalue weighted by atomic mass is 9.86. The summed E-state index contributed by atoms with van der Waals surface area (Å²) in [5, 5.41) is 8.85. The number of rotatable bonds is 5. The fourth-order valence-corrected chi connectivity index (χ4v) is 1.79.